The molecule has 0 bridgehead atoms. The third-order valence-electron chi connectivity index (χ3n) is 3.55. The van der Waals surface area contributed by atoms with E-state index in [0.717, 1.165) is 11.0 Å². The zero-order valence-corrected chi connectivity index (χ0v) is 12.2. The fraction of sp³-hybridized carbons (Fsp3) is 0.125. The van der Waals surface area contributed by atoms with Crippen molar-refractivity contribution in [1.82, 2.24) is 5.32 Å². The maximum atomic E-state index is 10.5. The molecule has 0 unspecified atom stereocenters. The number of hydrogen-bond acceptors (Lipinski definition) is 4. The molecule has 0 atom stereocenters. The van der Waals surface area contributed by atoms with Gasteiger partial charge in [-0.2, -0.15) is 0 Å². The number of fused-ring (bicyclic) bond motifs is 1. The highest BCUT2D eigenvalue weighted by atomic mass is 16.5. The van der Waals surface area contributed by atoms with E-state index in [1.165, 1.54) is 0 Å². The van der Waals surface area contributed by atoms with Crippen LogP contribution < -0.4 is 15.5 Å². The number of rotatable bonds is 5. The highest BCUT2D eigenvalue weighted by Crippen LogP contribution is 2.30. The Morgan fingerprint density at radius 1 is 1.39 bits per heavy atom. The predicted molar refractivity (Wildman–Crippen MR) is 84.5 cm³/mol. The standard InChI is InChI=1S/C16H13BN2O4/c1-18-13-2-5-16(11(6-13)8-19-10-20)23-14-3-4-15-12(7-14)9-22-17(15)21/h2-7,10,21H,8-9H2,(H,19,20). The molecule has 0 aliphatic carbocycles. The Morgan fingerprint density at radius 2 is 2.26 bits per heavy atom. The molecule has 3 rings (SSSR count). The molecule has 23 heavy (non-hydrogen) atoms. The Balaban J connectivity index is 1.87. The largest absolute Gasteiger partial charge is 0.491 e. The number of carbonyl (C=O) groups is 1. The second-order valence-corrected chi connectivity index (χ2v) is 5.03. The van der Waals surface area contributed by atoms with Gasteiger partial charge in [-0.3, -0.25) is 4.79 Å². The molecular weight excluding hydrogens is 295 g/mol. The first-order chi connectivity index (χ1) is 11.2. The van der Waals surface area contributed by atoms with Crippen molar-refractivity contribution in [2.45, 2.75) is 13.2 Å². The van der Waals surface area contributed by atoms with Gasteiger partial charge in [0, 0.05) is 12.1 Å². The van der Waals surface area contributed by atoms with Crippen molar-refractivity contribution < 1.29 is 19.2 Å². The van der Waals surface area contributed by atoms with Gasteiger partial charge in [0.2, 0.25) is 6.41 Å². The molecule has 1 aliphatic heterocycles. The Morgan fingerprint density at radius 3 is 3.04 bits per heavy atom. The fourth-order valence-electron chi connectivity index (χ4n) is 2.42. The highest BCUT2D eigenvalue weighted by molar-refractivity contribution is 6.61. The van der Waals surface area contributed by atoms with Gasteiger partial charge in [-0.05, 0) is 35.3 Å². The number of benzene rings is 2. The molecule has 0 aromatic heterocycles. The predicted octanol–water partition coefficient (Wildman–Crippen LogP) is 1.49. The van der Waals surface area contributed by atoms with E-state index < -0.39 is 7.12 Å². The van der Waals surface area contributed by atoms with E-state index in [1.54, 1.807) is 30.3 Å². The van der Waals surface area contributed by atoms with Gasteiger partial charge in [0.1, 0.15) is 11.5 Å². The molecule has 0 saturated carbocycles. The number of nitrogens with zero attached hydrogens (tertiary/aromatic N) is 1. The molecule has 0 radical (unpaired) electrons. The zero-order valence-electron chi connectivity index (χ0n) is 12.2. The van der Waals surface area contributed by atoms with Crippen molar-refractivity contribution in [1.29, 1.82) is 0 Å². The second kappa shape index (κ2) is 6.52. The average Bonchev–Trinajstić information content (AvgIpc) is 2.94. The first-order valence-corrected chi connectivity index (χ1v) is 6.99. The third kappa shape index (κ3) is 3.18. The van der Waals surface area contributed by atoms with Crippen molar-refractivity contribution in [3.05, 3.63) is 58.9 Å². The molecule has 2 aromatic carbocycles. The van der Waals surface area contributed by atoms with E-state index >= 15 is 0 Å². The summed E-state index contributed by atoms with van der Waals surface area (Å²) in [4.78, 5) is 13.9. The lowest BCUT2D eigenvalue weighted by molar-refractivity contribution is -0.109. The topological polar surface area (TPSA) is 72.2 Å². The lowest BCUT2D eigenvalue weighted by Gasteiger charge is -2.12. The van der Waals surface area contributed by atoms with Crippen LogP contribution in [0.25, 0.3) is 4.85 Å². The van der Waals surface area contributed by atoms with Crippen molar-refractivity contribution in [3.8, 4) is 11.5 Å². The summed E-state index contributed by atoms with van der Waals surface area (Å²) in [6.45, 7) is 7.68. The fourth-order valence-corrected chi connectivity index (χ4v) is 2.42. The van der Waals surface area contributed by atoms with E-state index in [1.807, 2.05) is 6.07 Å². The van der Waals surface area contributed by atoms with Crippen molar-refractivity contribution in [2.75, 3.05) is 0 Å². The van der Waals surface area contributed by atoms with Crippen LogP contribution in [0.1, 0.15) is 11.1 Å². The Kier molecular flexibility index (Phi) is 4.28. The maximum absolute atomic E-state index is 10.5. The number of carbonyl (C=O) groups excluding carboxylic acids is 1. The normalized spacial score (nSPS) is 12.4. The van der Waals surface area contributed by atoms with Crippen molar-refractivity contribution in [3.63, 3.8) is 0 Å². The number of ether oxygens (including phenoxy) is 1. The number of nitrogens with one attached hydrogen (secondary N) is 1. The molecule has 0 fully saturated rings. The smallest absolute Gasteiger partial charge is 0.457 e. The third-order valence-corrected chi connectivity index (χ3v) is 3.55. The molecule has 2 N–H and O–H groups in total. The minimum atomic E-state index is -0.885. The van der Waals surface area contributed by atoms with Gasteiger partial charge in [-0.25, -0.2) is 4.85 Å². The molecular formula is C16H13BN2O4. The summed E-state index contributed by atoms with van der Waals surface area (Å²) in [6, 6.07) is 10.4. The Labute approximate surface area is 133 Å². The van der Waals surface area contributed by atoms with Crippen LogP contribution in [0.4, 0.5) is 5.69 Å². The first kappa shape index (κ1) is 15.1. The summed E-state index contributed by atoms with van der Waals surface area (Å²) in [5, 5.41) is 12.2. The second-order valence-electron chi connectivity index (χ2n) is 5.03. The summed E-state index contributed by atoms with van der Waals surface area (Å²) in [7, 11) is -0.885. The van der Waals surface area contributed by atoms with Crippen molar-refractivity contribution >= 4 is 24.7 Å². The Bertz CT molecular complexity index is 788. The van der Waals surface area contributed by atoms with E-state index in [2.05, 4.69) is 10.2 Å². The van der Waals surface area contributed by atoms with E-state index in [9.17, 15) is 9.82 Å². The van der Waals surface area contributed by atoms with Crippen LogP contribution in [0.15, 0.2) is 36.4 Å². The van der Waals surface area contributed by atoms with Gasteiger partial charge in [-0.1, -0.05) is 12.1 Å². The van der Waals surface area contributed by atoms with E-state index in [4.69, 9.17) is 16.0 Å². The molecule has 6 nitrogen and oxygen atoms in total. The monoisotopic (exact) mass is 308 g/mol. The Hall–Kier alpha value is -2.82. The molecule has 1 aliphatic rings. The first-order valence-electron chi connectivity index (χ1n) is 6.99. The summed E-state index contributed by atoms with van der Waals surface area (Å²) in [5.41, 5.74) is 2.80. The molecule has 114 valence electrons. The molecule has 0 spiro atoms. The average molecular weight is 308 g/mol. The van der Waals surface area contributed by atoms with Crippen molar-refractivity contribution in [2.24, 2.45) is 0 Å². The molecule has 1 heterocycles. The van der Waals surface area contributed by atoms with Crippen LogP contribution in [0, 0.1) is 6.57 Å². The van der Waals surface area contributed by atoms with Crippen LogP contribution in [-0.4, -0.2) is 18.6 Å². The van der Waals surface area contributed by atoms with Gasteiger partial charge < -0.3 is 19.7 Å². The minimum Gasteiger partial charge on any atom is -0.457 e. The lowest BCUT2D eigenvalue weighted by atomic mass is 9.80. The maximum Gasteiger partial charge on any atom is 0.491 e. The number of hydrogen-bond donors (Lipinski definition) is 2. The molecule has 0 saturated heterocycles. The summed E-state index contributed by atoms with van der Waals surface area (Å²) >= 11 is 0. The van der Waals surface area contributed by atoms with E-state index in [-0.39, 0.29) is 6.54 Å². The van der Waals surface area contributed by atoms with Crippen LogP contribution in [0.5, 0.6) is 11.5 Å². The van der Waals surface area contributed by atoms with Gasteiger partial charge in [0.25, 0.3) is 0 Å². The summed E-state index contributed by atoms with van der Waals surface area (Å²) in [6.07, 6.45) is 0.600. The highest BCUT2D eigenvalue weighted by Gasteiger charge is 2.27. The zero-order chi connectivity index (χ0) is 16.2. The molecule has 7 heteroatoms. The van der Waals surface area contributed by atoms with Gasteiger partial charge in [0.05, 0.1) is 13.2 Å². The summed E-state index contributed by atoms with van der Waals surface area (Å²) in [5.74, 6) is 1.16. The minimum absolute atomic E-state index is 0.273. The number of amides is 1. The van der Waals surface area contributed by atoms with Gasteiger partial charge in [0.15, 0.2) is 5.69 Å². The molecule has 1 amide bonds. The quantitative estimate of drug-likeness (QED) is 0.499. The van der Waals surface area contributed by atoms with Gasteiger partial charge >= 0.3 is 7.12 Å². The SMILES string of the molecule is [C-]#[N+]c1ccc(Oc2ccc3c(c2)COB3O)c(CNC=O)c1. The van der Waals surface area contributed by atoms with Crippen LogP contribution in [-0.2, 0) is 22.6 Å². The molecule has 2 aromatic rings. The van der Waals surface area contributed by atoms with E-state index in [0.29, 0.717) is 35.8 Å². The van der Waals surface area contributed by atoms with Crippen LogP contribution in [0.3, 0.4) is 0 Å². The van der Waals surface area contributed by atoms with Crippen LogP contribution in [0.2, 0.25) is 0 Å². The summed E-state index contributed by atoms with van der Waals surface area (Å²) < 4.78 is 11.0. The van der Waals surface area contributed by atoms with Crippen LogP contribution >= 0.6 is 0 Å². The lowest BCUT2D eigenvalue weighted by Crippen LogP contribution is -2.27. The van der Waals surface area contributed by atoms with Gasteiger partial charge in [-0.15, -0.1) is 0 Å².